The summed E-state index contributed by atoms with van der Waals surface area (Å²) in [5.74, 6) is -4.32. The summed E-state index contributed by atoms with van der Waals surface area (Å²) in [5.41, 5.74) is 0.859. The Hall–Kier alpha value is -2.61. The summed E-state index contributed by atoms with van der Waals surface area (Å²) in [5, 5.41) is 8.05. The zero-order valence-electron chi connectivity index (χ0n) is 14.0. The maximum Gasteiger partial charge on any atom is 0.337 e. The van der Waals surface area contributed by atoms with E-state index in [9.17, 15) is 18.0 Å². The SMILES string of the molecule is COC(=O)c1ccc(-c2ccn3c(CC4CC4(F)F)nnc3c2Cl)c(F)c1. The molecule has 1 saturated carbocycles. The summed E-state index contributed by atoms with van der Waals surface area (Å²) in [6, 6.07) is 5.46. The van der Waals surface area contributed by atoms with Crippen LogP contribution in [0.25, 0.3) is 16.8 Å². The van der Waals surface area contributed by atoms with Gasteiger partial charge in [-0.1, -0.05) is 17.7 Å². The number of hydrogen-bond acceptors (Lipinski definition) is 4. The molecular weight excluding hydrogens is 383 g/mol. The number of fused-ring (bicyclic) bond motifs is 1. The summed E-state index contributed by atoms with van der Waals surface area (Å²) in [7, 11) is 1.21. The van der Waals surface area contributed by atoms with Crippen LogP contribution >= 0.6 is 11.6 Å². The average Bonchev–Trinajstić information content (AvgIpc) is 3.04. The van der Waals surface area contributed by atoms with Crippen molar-refractivity contribution in [3.8, 4) is 11.1 Å². The van der Waals surface area contributed by atoms with Gasteiger partial charge in [0.1, 0.15) is 11.6 Å². The lowest BCUT2D eigenvalue weighted by molar-refractivity contribution is 0.0600. The molecule has 2 heterocycles. The number of esters is 1. The topological polar surface area (TPSA) is 56.5 Å². The zero-order chi connectivity index (χ0) is 19.3. The molecule has 0 aliphatic heterocycles. The lowest BCUT2D eigenvalue weighted by atomic mass is 10.0. The van der Waals surface area contributed by atoms with Crippen LogP contribution in [0.3, 0.4) is 0 Å². The van der Waals surface area contributed by atoms with Crippen molar-refractivity contribution in [2.45, 2.75) is 18.8 Å². The van der Waals surface area contributed by atoms with Gasteiger partial charge in [-0.15, -0.1) is 10.2 Å². The molecule has 140 valence electrons. The van der Waals surface area contributed by atoms with Gasteiger partial charge in [-0.3, -0.25) is 4.40 Å². The van der Waals surface area contributed by atoms with Crippen molar-refractivity contribution in [3.63, 3.8) is 0 Å². The number of ether oxygens (including phenoxy) is 1. The molecule has 1 atom stereocenters. The molecule has 0 amide bonds. The number of nitrogens with zero attached hydrogens (tertiary/aromatic N) is 3. The van der Waals surface area contributed by atoms with E-state index in [2.05, 4.69) is 14.9 Å². The Morgan fingerprint density at radius 1 is 1.33 bits per heavy atom. The van der Waals surface area contributed by atoms with Crippen LogP contribution in [-0.4, -0.2) is 33.6 Å². The van der Waals surface area contributed by atoms with Crippen LogP contribution in [0.5, 0.6) is 0 Å². The van der Waals surface area contributed by atoms with Crippen molar-refractivity contribution in [1.29, 1.82) is 0 Å². The van der Waals surface area contributed by atoms with Gasteiger partial charge in [-0.2, -0.15) is 0 Å². The maximum atomic E-state index is 14.5. The second-order valence-electron chi connectivity index (χ2n) is 6.41. The first-order valence-corrected chi connectivity index (χ1v) is 8.48. The molecule has 0 N–H and O–H groups in total. The zero-order valence-corrected chi connectivity index (χ0v) is 14.8. The van der Waals surface area contributed by atoms with Gasteiger partial charge >= 0.3 is 5.97 Å². The normalized spacial score (nSPS) is 17.9. The molecule has 0 saturated heterocycles. The standard InChI is InChI=1S/C18H13ClF3N3O2/c1-27-17(26)9-2-3-11(13(20)6-9)12-4-5-25-14(7-10-8-18(10,21)22)23-24-16(25)15(12)19/h2-6,10H,7-8H2,1H3. The molecular formula is C18H13ClF3N3O2. The summed E-state index contributed by atoms with van der Waals surface area (Å²) < 4.78 is 46.9. The molecule has 1 aromatic carbocycles. The molecule has 1 fully saturated rings. The van der Waals surface area contributed by atoms with Gasteiger partial charge in [0.05, 0.1) is 17.7 Å². The molecule has 3 aromatic rings. The van der Waals surface area contributed by atoms with Crippen LogP contribution < -0.4 is 0 Å². The van der Waals surface area contributed by atoms with E-state index in [0.717, 1.165) is 6.07 Å². The first-order valence-electron chi connectivity index (χ1n) is 8.10. The van der Waals surface area contributed by atoms with Crippen LogP contribution in [-0.2, 0) is 11.2 Å². The predicted molar refractivity (Wildman–Crippen MR) is 91.5 cm³/mol. The van der Waals surface area contributed by atoms with E-state index < -0.39 is 23.6 Å². The van der Waals surface area contributed by atoms with Crippen LogP contribution in [0.4, 0.5) is 13.2 Å². The summed E-state index contributed by atoms with van der Waals surface area (Å²) in [6.07, 6.45) is 1.50. The highest BCUT2D eigenvalue weighted by atomic mass is 35.5. The molecule has 1 aliphatic rings. The third-order valence-corrected chi connectivity index (χ3v) is 5.03. The first-order chi connectivity index (χ1) is 12.8. The van der Waals surface area contributed by atoms with Crippen molar-refractivity contribution in [2.75, 3.05) is 7.11 Å². The van der Waals surface area contributed by atoms with Crippen LogP contribution in [0.15, 0.2) is 30.5 Å². The maximum absolute atomic E-state index is 14.5. The lowest BCUT2D eigenvalue weighted by Crippen LogP contribution is -2.03. The van der Waals surface area contributed by atoms with Gasteiger partial charge in [-0.25, -0.2) is 18.0 Å². The average molecular weight is 396 g/mol. The Bertz CT molecular complexity index is 1070. The van der Waals surface area contributed by atoms with E-state index in [1.54, 1.807) is 12.3 Å². The summed E-state index contributed by atoms with van der Waals surface area (Å²) in [4.78, 5) is 11.5. The van der Waals surface area contributed by atoms with Gasteiger partial charge in [0, 0.05) is 36.1 Å². The molecule has 9 heteroatoms. The fraction of sp³-hybridized carbons (Fsp3) is 0.278. The van der Waals surface area contributed by atoms with Gasteiger partial charge in [-0.05, 0) is 18.2 Å². The van der Waals surface area contributed by atoms with Gasteiger partial charge < -0.3 is 4.74 Å². The highest BCUT2D eigenvalue weighted by Gasteiger charge is 2.56. The van der Waals surface area contributed by atoms with Crippen LogP contribution in [0, 0.1) is 11.7 Å². The van der Waals surface area contributed by atoms with E-state index in [1.807, 2.05) is 0 Å². The smallest absolute Gasteiger partial charge is 0.337 e. The summed E-state index contributed by atoms with van der Waals surface area (Å²) >= 11 is 6.37. The number of carbonyl (C=O) groups is 1. The Morgan fingerprint density at radius 2 is 2.07 bits per heavy atom. The number of alkyl halides is 2. The second-order valence-corrected chi connectivity index (χ2v) is 6.78. The van der Waals surface area contributed by atoms with Crippen molar-refractivity contribution < 1.29 is 22.7 Å². The van der Waals surface area contributed by atoms with E-state index in [-0.39, 0.29) is 34.6 Å². The van der Waals surface area contributed by atoms with Gasteiger partial charge in [0.15, 0.2) is 5.65 Å². The number of carbonyl (C=O) groups excluding carboxylic acids is 1. The number of methoxy groups -OCH3 is 1. The Morgan fingerprint density at radius 3 is 2.70 bits per heavy atom. The van der Waals surface area contributed by atoms with E-state index >= 15 is 0 Å². The van der Waals surface area contributed by atoms with Crippen LogP contribution in [0.2, 0.25) is 5.02 Å². The number of pyridine rings is 1. The van der Waals surface area contributed by atoms with Crippen LogP contribution in [0.1, 0.15) is 22.6 Å². The molecule has 0 spiro atoms. The van der Waals surface area contributed by atoms with Crippen molar-refractivity contribution in [3.05, 3.63) is 52.7 Å². The van der Waals surface area contributed by atoms with Crippen molar-refractivity contribution >= 4 is 23.2 Å². The Kier molecular flexibility index (Phi) is 4.10. The third kappa shape index (κ3) is 3.03. The Labute approximate surface area is 156 Å². The molecule has 1 unspecified atom stereocenters. The van der Waals surface area contributed by atoms with Gasteiger partial charge in [0.25, 0.3) is 5.92 Å². The van der Waals surface area contributed by atoms with E-state index in [4.69, 9.17) is 11.6 Å². The lowest BCUT2D eigenvalue weighted by Gasteiger charge is -2.09. The largest absolute Gasteiger partial charge is 0.465 e. The molecule has 2 aromatic heterocycles. The Balaban J connectivity index is 1.71. The minimum Gasteiger partial charge on any atom is -0.465 e. The van der Waals surface area contributed by atoms with E-state index in [0.29, 0.717) is 11.4 Å². The molecule has 0 radical (unpaired) electrons. The fourth-order valence-electron chi connectivity index (χ4n) is 3.01. The highest BCUT2D eigenvalue weighted by molar-refractivity contribution is 6.36. The third-order valence-electron chi connectivity index (χ3n) is 4.65. The molecule has 5 nitrogen and oxygen atoms in total. The van der Waals surface area contributed by atoms with Crippen molar-refractivity contribution in [2.24, 2.45) is 5.92 Å². The summed E-state index contributed by atoms with van der Waals surface area (Å²) in [6.45, 7) is 0. The number of benzene rings is 1. The molecule has 1 aliphatic carbocycles. The molecule has 0 bridgehead atoms. The van der Waals surface area contributed by atoms with Gasteiger partial charge in [0.2, 0.25) is 0 Å². The van der Waals surface area contributed by atoms with E-state index in [1.165, 1.54) is 23.6 Å². The first kappa shape index (κ1) is 17.8. The quantitative estimate of drug-likeness (QED) is 0.622. The van der Waals surface area contributed by atoms with Crippen molar-refractivity contribution in [1.82, 2.24) is 14.6 Å². The molecule has 4 rings (SSSR count). The number of halogens is 4. The monoisotopic (exact) mass is 395 g/mol. The number of rotatable bonds is 4. The fourth-order valence-corrected chi connectivity index (χ4v) is 3.30. The second kappa shape index (κ2) is 6.23. The minimum atomic E-state index is -2.65. The number of hydrogen-bond donors (Lipinski definition) is 0. The number of aromatic nitrogens is 3. The predicted octanol–water partition coefficient (Wildman–Crippen LogP) is 4.17. The highest BCUT2D eigenvalue weighted by Crippen LogP contribution is 2.50. The minimum absolute atomic E-state index is 0.0751. The molecule has 27 heavy (non-hydrogen) atoms.